The van der Waals surface area contributed by atoms with Gasteiger partial charge in [0.1, 0.15) is 11.8 Å². The molecule has 1 saturated heterocycles. The van der Waals surface area contributed by atoms with Crippen LogP contribution in [0.4, 0.5) is 0 Å². The number of benzene rings is 3. The zero-order valence-electron chi connectivity index (χ0n) is 24.1. The highest BCUT2D eigenvalue weighted by molar-refractivity contribution is 8.00. The maximum absolute atomic E-state index is 13.9. The number of carbonyl (C=O) groups is 3. The fourth-order valence-corrected chi connectivity index (χ4v) is 6.47. The third-order valence-electron chi connectivity index (χ3n) is 7.64. The lowest BCUT2D eigenvalue weighted by Gasteiger charge is -2.33. The van der Waals surface area contributed by atoms with Crippen molar-refractivity contribution in [2.24, 2.45) is 0 Å². The molecule has 8 nitrogen and oxygen atoms in total. The average Bonchev–Trinajstić information content (AvgIpc) is 3.27. The SMILES string of the molecule is Cc1ccccc1CNC(=O)C1N(C(=O)[C@@H](O)[C@H](Cc2cccc(Cl)c2)NC(=O)c2cccc(O)c2C)CSC1(C)C. The standard InChI is InChI=1S/C32H36ClN3O5S/c1-19-9-5-6-11-22(19)17-34-30(40)28-32(3,4)42-18-36(28)31(41)27(38)25(16-21-10-7-12-23(33)15-21)35-29(39)24-13-8-14-26(37)20(24)2/h5-15,25,27-28,37-38H,16-18H2,1-4H3,(H,34,40)(H,35,39)/t25-,27-,28?/m0/s1. The molecule has 4 N–H and O–H groups in total. The quantitative estimate of drug-likeness (QED) is 0.286. The van der Waals surface area contributed by atoms with Crippen LogP contribution in [0.5, 0.6) is 5.75 Å². The summed E-state index contributed by atoms with van der Waals surface area (Å²) in [5, 5.41) is 27.8. The van der Waals surface area contributed by atoms with E-state index in [2.05, 4.69) is 10.6 Å². The van der Waals surface area contributed by atoms with Gasteiger partial charge in [-0.3, -0.25) is 14.4 Å². The van der Waals surface area contributed by atoms with Crippen molar-refractivity contribution in [2.75, 3.05) is 5.88 Å². The Kier molecular flexibility index (Phi) is 9.86. The highest BCUT2D eigenvalue weighted by atomic mass is 35.5. The molecule has 222 valence electrons. The molecule has 10 heteroatoms. The predicted octanol–water partition coefficient (Wildman–Crippen LogP) is 4.36. The summed E-state index contributed by atoms with van der Waals surface area (Å²) in [6.07, 6.45) is -1.56. The normalized spacial score (nSPS) is 17.4. The molecule has 3 aromatic carbocycles. The minimum atomic E-state index is -1.66. The Labute approximate surface area is 255 Å². The molecule has 0 radical (unpaired) electrons. The minimum Gasteiger partial charge on any atom is -0.508 e. The zero-order valence-corrected chi connectivity index (χ0v) is 25.6. The molecule has 0 aromatic heterocycles. The summed E-state index contributed by atoms with van der Waals surface area (Å²) in [6, 6.07) is 17.4. The summed E-state index contributed by atoms with van der Waals surface area (Å²) in [7, 11) is 0. The van der Waals surface area contributed by atoms with Crippen molar-refractivity contribution in [2.45, 2.75) is 63.6 Å². The van der Waals surface area contributed by atoms with Gasteiger partial charge in [0.25, 0.3) is 11.8 Å². The molecule has 3 atom stereocenters. The van der Waals surface area contributed by atoms with Crippen LogP contribution >= 0.6 is 23.4 Å². The first-order valence-electron chi connectivity index (χ1n) is 13.7. The van der Waals surface area contributed by atoms with Gasteiger partial charge >= 0.3 is 0 Å². The van der Waals surface area contributed by atoms with Crippen LogP contribution in [0, 0.1) is 13.8 Å². The number of aromatic hydroxyl groups is 1. The molecule has 0 bridgehead atoms. The van der Waals surface area contributed by atoms with E-state index >= 15 is 0 Å². The molecule has 1 unspecified atom stereocenters. The first-order valence-corrected chi connectivity index (χ1v) is 15.0. The Balaban J connectivity index is 1.58. The van der Waals surface area contributed by atoms with E-state index in [-0.39, 0.29) is 29.5 Å². The smallest absolute Gasteiger partial charge is 0.254 e. The largest absolute Gasteiger partial charge is 0.508 e. The fraction of sp³-hybridized carbons (Fsp3) is 0.344. The number of amides is 3. The highest BCUT2D eigenvalue weighted by Crippen LogP contribution is 2.40. The minimum absolute atomic E-state index is 0.0402. The molecule has 0 saturated carbocycles. The van der Waals surface area contributed by atoms with Crippen LogP contribution in [0.15, 0.2) is 66.7 Å². The van der Waals surface area contributed by atoms with Crippen molar-refractivity contribution in [1.29, 1.82) is 0 Å². The molecular formula is C32H36ClN3O5S. The van der Waals surface area contributed by atoms with E-state index in [0.29, 0.717) is 22.7 Å². The molecule has 1 heterocycles. The molecule has 0 aliphatic carbocycles. The lowest BCUT2D eigenvalue weighted by Crippen LogP contribution is -2.58. The number of hydrogen-bond acceptors (Lipinski definition) is 6. The Hall–Kier alpha value is -3.53. The lowest BCUT2D eigenvalue weighted by molar-refractivity contribution is -0.147. The van der Waals surface area contributed by atoms with Crippen LogP contribution in [0.3, 0.4) is 0 Å². The van der Waals surface area contributed by atoms with Crippen LogP contribution in [0.1, 0.15) is 46.5 Å². The molecule has 42 heavy (non-hydrogen) atoms. The van der Waals surface area contributed by atoms with E-state index in [1.54, 1.807) is 43.3 Å². The van der Waals surface area contributed by atoms with E-state index in [1.165, 1.54) is 22.7 Å². The van der Waals surface area contributed by atoms with Crippen molar-refractivity contribution in [3.8, 4) is 5.75 Å². The summed E-state index contributed by atoms with van der Waals surface area (Å²) in [5.74, 6) is -1.37. The highest BCUT2D eigenvalue weighted by Gasteiger charge is 2.49. The van der Waals surface area contributed by atoms with Gasteiger partial charge in [-0.15, -0.1) is 11.8 Å². The van der Waals surface area contributed by atoms with E-state index in [4.69, 9.17) is 11.6 Å². The van der Waals surface area contributed by atoms with E-state index in [0.717, 1.165) is 11.1 Å². The number of rotatable bonds is 9. The van der Waals surface area contributed by atoms with E-state index in [1.807, 2.05) is 45.0 Å². The number of phenolic OH excluding ortho intramolecular Hbond substituents is 1. The topological polar surface area (TPSA) is 119 Å². The first-order chi connectivity index (χ1) is 19.9. The number of aliphatic hydroxyl groups is 1. The van der Waals surface area contributed by atoms with Crippen LogP contribution in [-0.2, 0) is 22.6 Å². The van der Waals surface area contributed by atoms with Gasteiger partial charge < -0.3 is 25.7 Å². The van der Waals surface area contributed by atoms with Gasteiger partial charge in [0, 0.05) is 27.4 Å². The summed E-state index contributed by atoms with van der Waals surface area (Å²) in [5.41, 5.74) is 3.31. The Morgan fingerprint density at radius 2 is 1.79 bits per heavy atom. The number of aryl methyl sites for hydroxylation is 1. The maximum Gasteiger partial charge on any atom is 0.254 e. The third kappa shape index (κ3) is 7.09. The molecule has 0 spiro atoms. The van der Waals surface area contributed by atoms with Crippen LogP contribution in [0.2, 0.25) is 5.02 Å². The zero-order chi connectivity index (χ0) is 30.6. The summed E-state index contributed by atoms with van der Waals surface area (Å²) in [6.45, 7) is 7.68. The Morgan fingerprint density at radius 1 is 1.07 bits per heavy atom. The second-order valence-electron chi connectivity index (χ2n) is 11.0. The van der Waals surface area contributed by atoms with Gasteiger partial charge in [-0.05, 0) is 75.1 Å². The molecule has 3 aromatic rings. The van der Waals surface area contributed by atoms with Gasteiger partial charge in [-0.25, -0.2) is 0 Å². The molecule has 1 aliphatic rings. The fourth-order valence-electron chi connectivity index (χ4n) is 5.12. The van der Waals surface area contributed by atoms with Gasteiger partial charge in [0.05, 0.1) is 11.9 Å². The van der Waals surface area contributed by atoms with Gasteiger partial charge in [-0.1, -0.05) is 54.1 Å². The van der Waals surface area contributed by atoms with Crippen molar-refractivity contribution < 1.29 is 24.6 Å². The van der Waals surface area contributed by atoms with Crippen LogP contribution in [-0.4, -0.2) is 61.6 Å². The number of nitrogens with one attached hydrogen (secondary N) is 2. The number of phenols is 1. The number of hydrogen-bond donors (Lipinski definition) is 4. The van der Waals surface area contributed by atoms with Gasteiger partial charge in [-0.2, -0.15) is 0 Å². The van der Waals surface area contributed by atoms with Gasteiger partial charge in [0.15, 0.2) is 6.10 Å². The molecular weight excluding hydrogens is 574 g/mol. The second kappa shape index (κ2) is 13.2. The summed E-state index contributed by atoms with van der Waals surface area (Å²) in [4.78, 5) is 42.1. The Morgan fingerprint density at radius 3 is 2.50 bits per heavy atom. The average molecular weight is 610 g/mol. The van der Waals surface area contributed by atoms with Crippen molar-refractivity contribution >= 4 is 41.1 Å². The number of thioether (sulfide) groups is 1. The van der Waals surface area contributed by atoms with Crippen LogP contribution < -0.4 is 10.6 Å². The second-order valence-corrected chi connectivity index (χ2v) is 13.1. The van der Waals surface area contributed by atoms with E-state index in [9.17, 15) is 24.6 Å². The number of halogens is 1. The van der Waals surface area contributed by atoms with Crippen molar-refractivity contribution in [3.63, 3.8) is 0 Å². The number of aliphatic hydroxyl groups excluding tert-OH is 1. The number of nitrogens with zero attached hydrogens (tertiary/aromatic N) is 1. The van der Waals surface area contributed by atoms with E-state index < -0.39 is 34.7 Å². The lowest BCUT2D eigenvalue weighted by atomic mass is 9.96. The maximum atomic E-state index is 13.9. The summed E-state index contributed by atoms with van der Waals surface area (Å²) >= 11 is 7.63. The van der Waals surface area contributed by atoms with Crippen molar-refractivity contribution in [1.82, 2.24) is 15.5 Å². The number of carbonyl (C=O) groups excluding carboxylic acids is 3. The molecule has 3 amide bonds. The first kappa shape index (κ1) is 31.4. The third-order valence-corrected chi connectivity index (χ3v) is 9.25. The van der Waals surface area contributed by atoms with Crippen LogP contribution in [0.25, 0.3) is 0 Å². The monoisotopic (exact) mass is 609 g/mol. The van der Waals surface area contributed by atoms with Gasteiger partial charge in [0.2, 0.25) is 5.91 Å². The molecule has 1 aliphatic heterocycles. The summed E-state index contributed by atoms with van der Waals surface area (Å²) < 4.78 is -0.616. The molecule has 1 fully saturated rings. The van der Waals surface area contributed by atoms with Crippen molar-refractivity contribution in [3.05, 3.63) is 99.6 Å². The Bertz CT molecular complexity index is 1480. The predicted molar refractivity (Wildman–Crippen MR) is 165 cm³/mol. The molecule has 4 rings (SSSR count).